The Labute approximate surface area is 197 Å². The van der Waals surface area contributed by atoms with Crippen molar-refractivity contribution in [2.75, 3.05) is 25.5 Å². The molecule has 0 spiro atoms. The van der Waals surface area contributed by atoms with Gasteiger partial charge in [-0.25, -0.2) is 15.0 Å². The number of amides is 1. The first-order chi connectivity index (χ1) is 14.7. The second-order valence-corrected chi connectivity index (χ2v) is 10.2. The average molecular weight is 554 g/mol. The molecule has 0 bridgehead atoms. The van der Waals surface area contributed by atoms with Gasteiger partial charge in [-0.05, 0) is 34.7 Å². The Kier molecular flexibility index (Phi) is 6.15. The Morgan fingerprint density at radius 2 is 1.97 bits per heavy atom. The highest BCUT2D eigenvalue weighted by Gasteiger charge is 2.22. The number of hydrogen-bond donors (Lipinski definition) is 2. The molecular formula is C20H23IN6O3S. The summed E-state index contributed by atoms with van der Waals surface area (Å²) in [5.41, 5.74) is 6.76. The van der Waals surface area contributed by atoms with E-state index in [1.165, 1.54) is 18.1 Å². The van der Waals surface area contributed by atoms with Crippen LogP contribution in [0.3, 0.4) is 0 Å². The number of carbonyl (C=O) groups excluding carboxylic acids is 1. The number of fused-ring (bicyclic) bond motifs is 2. The van der Waals surface area contributed by atoms with Gasteiger partial charge in [0.1, 0.15) is 19.5 Å². The van der Waals surface area contributed by atoms with E-state index < -0.39 is 5.41 Å². The van der Waals surface area contributed by atoms with E-state index in [1.807, 2.05) is 37.5 Å². The average Bonchev–Trinajstić information content (AvgIpc) is 3.06. The van der Waals surface area contributed by atoms with Gasteiger partial charge in [0.15, 0.2) is 33.6 Å². The van der Waals surface area contributed by atoms with E-state index in [9.17, 15) is 4.79 Å². The third kappa shape index (κ3) is 4.66. The van der Waals surface area contributed by atoms with Crippen LogP contribution in [-0.4, -0.2) is 45.2 Å². The lowest BCUT2D eigenvalue weighted by Gasteiger charge is -2.20. The maximum Gasteiger partial charge on any atom is 0.225 e. The van der Waals surface area contributed by atoms with Crippen LogP contribution in [0.15, 0.2) is 28.5 Å². The quantitative estimate of drug-likeness (QED) is 0.463. The SMILES string of the molecule is CC(C)(C)C(=O)NCCn1c(Sc2cc3c(cc2I)OCCO3)nc2c(N)ncnc21. The van der Waals surface area contributed by atoms with E-state index in [-0.39, 0.29) is 5.91 Å². The number of rotatable bonds is 5. The summed E-state index contributed by atoms with van der Waals surface area (Å²) in [5.74, 6) is 1.77. The topological polar surface area (TPSA) is 117 Å². The first kappa shape index (κ1) is 21.9. The van der Waals surface area contributed by atoms with Crippen LogP contribution in [0.25, 0.3) is 11.2 Å². The van der Waals surface area contributed by atoms with E-state index in [2.05, 4.69) is 37.9 Å². The number of nitrogens with zero attached hydrogens (tertiary/aromatic N) is 4. The summed E-state index contributed by atoms with van der Waals surface area (Å²) in [6.07, 6.45) is 1.42. The van der Waals surface area contributed by atoms with Gasteiger partial charge in [0.25, 0.3) is 0 Å². The highest BCUT2D eigenvalue weighted by molar-refractivity contribution is 14.1. The van der Waals surface area contributed by atoms with Crippen LogP contribution in [0.1, 0.15) is 20.8 Å². The molecule has 1 amide bonds. The molecule has 164 valence electrons. The van der Waals surface area contributed by atoms with Crippen LogP contribution < -0.4 is 20.5 Å². The van der Waals surface area contributed by atoms with Crippen LogP contribution in [0.2, 0.25) is 0 Å². The molecule has 0 saturated carbocycles. The number of anilines is 1. The Balaban J connectivity index is 1.65. The molecule has 1 aromatic carbocycles. The third-order valence-corrected chi connectivity index (χ3v) is 6.94. The number of benzene rings is 1. The third-order valence-electron chi connectivity index (χ3n) is 4.63. The second kappa shape index (κ2) is 8.69. The van der Waals surface area contributed by atoms with Gasteiger partial charge in [0.05, 0.1) is 0 Å². The Bertz CT molecular complexity index is 1140. The van der Waals surface area contributed by atoms with E-state index in [1.54, 1.807) is 0 Å². The van der Waals surface area contributed by atoms with Gasteiger partial charge in [-0.2, -0.15) is 0 Å². The zero-order chi connectivity index (χ0) is 22.2. The van der Waals surface area contributed by atoms with E-state index in [0.29, 0.717) is 54.2 Å². The number of halogens is 1. The van der Waals surface area contributed by atoms with Gasteiger partial charge in [0, 0.05) is 27.0 Å². The van der Waals surface area contributed by atoms with Crippen LogP contribution in [0, 0.1) is 8.99 Å². The van der Waals surface area contributed by atoms with Gasteiger partial charge in [-0.1, -0.05) is 32.5 Å². The van der Waals surface area contributed by atoms with Crippen LogP contribution >= 0.6 is 34.4 Å². The molecule has 0 unspecified atom stereocenters. The molecular weight excluding hydrogens is 531 g/mol. The van der Waals surface area contributed by atoms with Gasteiger partial charge in [-0.15, -0.1) is 0 Å². The van der Waals surface area contributed by atoms with Gasteiger partial charge in [-0.3, -0.25) is 4.79 Å². The molecule has 4 rings (SSSR count). The standard InChI is InChI=1S/C20H23IN6O3S/c1-20(2,3)18(28)23-4-5-27-17-15(16(22)24-10-25-17)26-19(27)31-14-9-13-12(8-11(14)21)29-6-7-30-13/h8-10H,4-7H2,1-3H3,(H,23,28)(H2,22,24,25). The fourth-order valence-corrected chi connectivity index (χ4v) is 4.69. The molecule has 3 aromatic rings. The van der Waals surface area contributed by atoms with Crippen molar-refractivity contribution in [2.45, 2.75) is 37.4 Å². The molecule has 0 radical (unpaired) electrons. The molecule has 31 heavy (non-hydrogen) atoms. The lowest BCUT2D eigenvalue weighted by atomic mass is 9.96. The maximum absolute atomic E-state index is 12.3. The van der Waals surface area contributed by atoms with Crippen molar-refractivity contribution in [3.63, 3.8) is 0 Å². The van der Waals surface area contributed by atoms with Crippen LogP contribution in [-0.2, 0) is 11.3 Å². The summed E-state index contributed by atoms with van der Waals surface area (Å²) < 4.78 is 14.4. The maximum atomic E-state index is 12.3. The highest BCUT2D eigenvalue weighted by atomic mass is 127. The van der Waals surface area contributed by atoms with Crippen molar-refractivity contribution in [2.24, 2.45) is 5.41 Å². The highest BCUT2D eigenvalue weighted by Crippen LogP contribution is 2.40. The van der Waals surface area contributed by atoms with E-state index in [0.717, 1.165) is 14.2 Å². The van der Waals surface area contributed by atoms with Crippen LogP contribution in [0.4, 0.5) is 5.82 Å². The number of nitrogens with one attached hydrogen (secondary N) is 1. The van der Waals surface area contributed by atoms with Crippen molar-refractivity contribution < 1.29 is 14.3 Å². The number of hydrogen-bond acceptors (Lipinski definition) is 8. The van der Waals surface area contributed by atoms with Crippen molar-refractivity contribution in [1.29, 1.82) is 0 Å². The zero-order valence-corrected chi connectivity index (χ0v) is 20.4. The molecule has 11 heteroatoms. The van der Waals surface area contributed by atoms with E-state index >= 15 is 0 Å². The Hall–Kier alpha value is -2.28. The lowest BCUT2D eigenvalue weighted by Crippen LogP contribution is -2.36. The molecule has 0 atom stereocenters. The van der Waals surface area contributed by atoms with Gasteiger partial charge >= 0.3 is 0 Å². The Morgan fingerprint density at radius 1 is 1.26 bits per heavy atom. The normalized spacial score (nSPS) is 13.4. The minimum Gasteiger partial charge on any atom is -0.486 e. The fraction of sp³-hybridized carbons (Fsp3) is 0.400. The lowest BCUT2D eigenvalue weighted by molar-refractivity contribution is -0.128. The summed E-state index contributed by atoms with van der Waals surface area (Å²) >= 11 is 3.76. The molecule has 3 N–H and O–H groups in total. The number of nitrogens with two attached hydrogens (primary N) is 1. The van der Waals surface area contributed by atoms with Crippen molar-refractivity contribution >= 4 is 57.2 Å². The summed E-state index contributed by atoms with van der Waals surface area (Å²) in [6.45, 7) is 7.66. The predicted molar refractivity (Wildman–Crippen MR) is 126 cm³/mol. The fourth-order valence-electron chi connectivity index (χ4n) is 2.98. The second-order valence-electron chi connectivity index (χ2n) is 8.01. The molecule has 2 aromatic heterocycles. The molecule has 0 fully saturated rings. The first-order valence-corrected chi connectivity index (χ1v) is 11.7. The predicted octanol–water partition coefficient (Wildman–Crippen LogP) is 3.10. The molecule has 1 aliphatic rings. The molecule has 0 aliphatic carbocycles. The van der Waals surface area contributed by atoms with Crippen molar-refractivity contribution in [3.8, 4) is 11.5 Å². The number of aromatic nitrogens is 4. The van der Waals surface area contributed by atoms with Crippen molar-refractivity contribution in [3.05, 3.63) is 22.0 Å². The summed E-state index contributed by atoms with van der Waals surface area (Å²) in [4.78, 5) is 26.4. The Morgan fingerprint density at radius 3 is 2.68 bits per heavy atom. The van der Waals surface area contributed by atoms with Crippen molar-refractivity contribution in [1.82, 2.24) is 24.8 Å². The number of imidazole rings is 1. The number of carbonyl (C=O) groups is 1. The molecule has 3 heterocycles. The molecule has 0 saturated heterocycles. The first-order valence-electron chi connectivity index (χ1n) is 9.76. The zero-order valence-electron chi connectivity index (χ0n) is 17.4. The molecule has 9 nitrogen and oxygen atoms in total. The van der Waals surface area contributed by atoms with Gasteiger partial charge < -0.3 is 25.1 Å². The number of nitrogen functional groups attached to an aromatic ring is 1. The monoisotopic (exact) mass is 554 g/mol. The largest absolute Gasteiger partial charge is 0.486 e. The molecule has 1 aliphatic heterocycles. The minimum absolute atomic E-state index is 0.0124. The van der Waals surface area contributed by atoms with E-state index in [4.69, 9.17) is 20.2 Å². The summed E-state index contributed by atoms with van der Waals surface area (Å²) in [7, 11) is 0. The minimum atomic E-state index is -0.456. The summed E-state index contributed by atoms with van der Waals surface area (Å²) in [5, 5.41) is 3.68. The van der Waals surface area contributed by atoms with Gasteiger partial charge in [0.2, 0.25) is 5.91 Å². The van der Waals surface area contributed by atoms with Crippen LogP contribution in [0.5, 0.6) is 11.5 Å². The smallest absolute Gasteiger partial charge is 0.225 e. The summed E-state index contributed by atoms with van der Waals surface area (Å²) in [6, 6.07) is 3.92. The number of ether oxygens (including phenoxy) is 2.